The molecule has 2 N–H and O–H groups in total. The van der Waals surface area contributed by atoms with Crippen molar-refractivity contribution in [2.45, 2.75) is 38.0 Å². The highest BCUT2D eigenvalue weighted by Gasteiger charge is 2.32. The topological polar surface area (TPSA) is 109 Å². The Morgan fingerprint density at radius 3 is 2.57 bits per heavy atom. The van der Waals surface area contributed by atoms with E-state index in [0.29, 0.717) is 24.5 Å². The fraction of sp³-hybridized carbons (Fsp3) is 0.429. The van der Waals surface area contributed by atoms with Crippen LogP contribution in [0.2, 0.25) is 0 Å². The first-order valence-corrected chi connectivity index (χ1v) is 11.4. The van der Waals surface area contributed by atoms with Crippen LogP contribution in [0.1, 0.15) is 46.6 Å². The molecule has 2 aromatic rings. The number of nitrogens with zero attached hydrogens (tertiary/aromatic N) is 1. The van der Waals surface area contributed by atoms with Gasteiger partial charge in [0.25, 0.3) is 0 Å². The van der Waals surface area contributed by atoms with Crippen LogP contribution in [0.5, 0.6) is 0 Å². The molecule has 1 atom stereocenters. The highest BCUT2D eigenvalue weighted by atomic mass is 32.2. The van der Waals surface area contributed by atoms with Gasteiger partial charge in [-0.1, -0.05) is 30.3 Å². The summed E-state index contributed by atoms with van der Waals surface area (Å²) in [4.78, 5) is 29.2. The van der Waals surface area contributed by atoms with E-state index in [9.17, 15) is 18.0 Å². The standard InChI is InChI=1S/C21H27N3O5S/c1-4-29-21(26)19-14(2)23-15(3)20(19)30(27,28)22-12-18(25)24-11-10-17(13-24)16-8-6-5-7-9-16/h5-9,17,22-23H,4,10-13H2,1-3H3. The monoisotopic (exact) mass is 433 g/mol. The predicted molar refractivity (Wildman–Crippen MR) is 112 cm³/mol. The number of H-pyrrole nitrogens is 1. The summed E-state index contributed by atoms with van der Waals surface area (Å²) in [6.07, 6.45) is 0.839. The lowest BCUT2D eigenvalue weighted by Gasteiger charge is -2.17. The first-order valence-electron chi connectivity index (χ1n) is 9.93. The van der Waals surface area contributed by atoms with Crippen LogP contribution in [0.4, 0.5) is 0 Å². The van der Waals surface area contributed by atoms with Crippen molar-refractivity contribution in [3.8, 4) is 0 Å². The first kappa shape index (κ1) is 22.0. The molecule has 1 unspecified atom stereocenters. The van der Waals surface area contributed by atoms with E-state index in [1.165, 1.54) is 5.56 Å². The van der Waals surface area contributed by atoms with Gasteiger partial charge in [-0.15, -0.1) is 0 Å². The molecular formula is C21H27N3O5S. The molecule has 3 rings (SSSR count). The molecule has 162 valence electrons. The van der Waals surface area contributed by atoms with Crippen molar-refractivity contribution in [2.75, 3.05) is 26.2 Å². The largest absolute Gasteiger partial charge is 0.462 e. The van der Waals surface area contributed by atoms with Gasteiger partial charge < -0.3 is 14.6 Å². The van der Waals surface area contributed by atoms with E-state index in [4.69, 9.17) is 4.74 Å². The average Bonchev–Trinajstić information content (AvgIpc) is 3.32. The van der Waals surface area contributed by atoms with Crippen molar-refractivity contribution in [3.05, 3.63) is 52.8 Å². The number of rotatable bonds is 7. The molecule has 0 saturated carbocycles. The van der Waals surface area contributed by atoms with Crippen molar-refractivity contribution < 1.29 is 22.7 Å². The third kappa shape index (κ3) is 4.57. The number of sulfonamides is 1. The molecule has 9 heteroatoms. The number of hydrogen-bond donors (Lipinski definition) is 2. The second-order valence-corrected chi connectivity index (χ2v) is 9.06. The molecule has 1 aromatic carbocycles. The smallest absolute Gasteiger partial charge is 0.341 e. The summed E-state index contributed by atoms with van der Waals surface area (Å²) in [6, 6.07) is 9.96. The van der Waals surface area contributed by atoms with Gasteiger partial charge >= 0.3 is 5.97 Å². The summed E-state index contributed by atoms with van der Waals surface area (Å²) in [7, 11) is -4.08. The molecule has 0 aliphatic carbocycles. The van der Waals surface area contributed by atoms with Crippen LogP contribution in [0, 0.1) is 13.8 Å². The number of aromatic amines is 1. The Hall–Kier alpha value is -2.65. The van der Waals surface area contributed by atoms with Crippen LogP contribution in [0.15, 0.2) is 35.2 Å². The van der Waals surface area contributed by atoms with E-state index in [1.54, 1.807) is 25.7 Å². The Morgan fingerprint density at radius 2 is 1.90 bits per heavy atom. The molecule has 2 heterocycles. The Labute approximate surface area is 176 Å². The summed E-state index contributed by atoms with van der Waals surface area (Å²) in [5, 5.41) is 0. The molecule has 1 aliphatic rings. The number of aryl methyl sites for hydroxylation is 2. The van der Waals surface area contributed by atoms with Gasteiger partial charge in [0.2, 0.25) is 15.9 Å². The Kier molecular flexibility index (Phi) is 6.62. The van der Waals surface area contributed by atoms with E-state index < -0.39 is 16.0 Å². The zero-order valence-corrected chi connectivity index (χ0v) is 18.2. The molecule has 1 saturated heterocycles. The Balaban J connectivity index is 1.69. The van der Waals surface area contributed by atoms with Gasteiger partial charge in [-0.2, -0.15) is 0 Å². The van der Waals surface area contributed by atoms with Gasteiger partial charge in [0.15, 0.2) is 0 Å². The van der Waals surface area contributed by atoms with Crippen LogP contribution in [0.25, 0.3) is 0 Å². The normalized spacial score (nSPS) is 16.6. The number of aromatic nitrogens is 1. The van der Waals surface area contributed by atoms with Gasteiger partial charge in [0, 0.05) is 30.4 Å². The van der Waals surface area contributed by atoms with Crippen LogP contribution >= 0.6 is 0 Å². The second kappa shape index (κ2) is 9.01. The van der Waals surface area contributed by atoms with Crippen LogP contribution in [0.3, 0.4) is 0 Å². The number of carbonyl (C=O) groups is 2. The SMILES string of the molecule is CCOC(=O)c1c(C)[nH]c(C)c1S(=O)(=O)NCC(=O)N1CCC(c2ccccc2)C1. The molecule has 8 nitrogen and oxygen atoms in total. The zero-order chi connectivity index (χ0) is 21.9. The lowest BCUT2D eigenvalue weighted by molar-refractivity contribution is -0.128. The fourth-order valence-electron chi connectivity index (χ4n) is 3.87. The minimum atomic E-state index is -4.08. The maximum atomic E-state index is 12.9. The fourth-order valence-corrected chi connectivity index (χ4v) is 5.29. The van der Waals surface area contributed by atoms with Crippen molar-refractivity contribution in [2.24, 2.45) is 0 Å². The number of likely N-dealkylation sites (tertiary alicyclic amines) is 1. The molecule has 1 fully saturated rings. The lowest BCUT2D eigenvalue weighted by atomic mass is 9.99. The quantitative estimate of drug-likeness (QED) is 0.650. The van der Waals surface area contributed by atoms with Gasteiger partial charge in [-0.05, 0) is 32.8 Å². The highest BCUT2D eigenvalue weighted by molar-refractivity contribution is 7.89. The maximum Gasteiger partial charge on any atom is 0.341 e. The summed E-state index contributed by atoms with van der Waals surface area (Å²) in [5.74, 6) is -0.757. The van der Waals surface area contributed by atoms with Crippen LogP contribution < -0.4 is 4.72 Å². The second-order valence-electron chi connectivity index (χ2n) is 7.36. The molecule has 1 amide bonds. The Morgan fingerprint density at radius 1 is 1.20 bits per heavy atom. The number of nitrogens with one attached hydrogen (secondary N) is 2. The van der Waals surface area contributed by atoms with Crippen LogP contribution in [-0.2, 0) is 19.6 Å². The van der Waals surface area contributed by atoms with Gasteiger partial charge in [-0.3, -0.25) is 4.79 Å². The van der Waals surface area contributed by atoms with Gasteiger partial charge in [-0.25, -0.2) is 17.9 Å². The van der Waals surface area contributed by atoms with E-state index in [1.807, 2.05) is 30.3 Å². The minimum absolute atomic E-state index is 0.0281. The number of hydrogen-bond acceptors (Lipinski definition) is 5. The third-order valence-corrected chi connectivity index (χ3v) is 6.86. The summed E-state index contributed by atoms with van der Waals surface area (Å²) < 4.78 is 33.1. The number of benzene rings is 1. The van der Waals surface area contributed by atoms with Gasteiger partial charge in [0.1, 0.15) is 10.5 Å². The summed E-state index contributed by atoms with van der Waals surface area (Å²) in [6.45, 7) is 5.73. The molecule has 30 heavy (non-hydrogen) atoms. The number of carbonyl (C=O) groups excluding carboxylic acids is 2. The zero-order valence-electron chi connectivity index (χ0n) is 17.4. The third-order valence-electron chi connectivity index (χ3n) is 5.29. The molecule has 0 spiro atoms. The molecular weight excluding hydrogens is 406 g/mol. The predicted octanol–water partition coefficient (Wildman–Crippen LogP) is 2.10. The minimum Gasteiger partial charge on any atom is -0.462 e. The number of ether oxygens (including phenoxy) is 1. The average molecular weight is 434 g/mol. The van der Waals surface area contributed by atoms with Crippen molar-refractivity contribution in [3.63, 3.8) is 0 Å². The van der Waals surface area contributed by atoms with E-state index in [2.05, 4.69) is 9.71 Å². The number of esters is 1. The van der Waals surface area contributed by atoms with E-state index >= 15 is 0 Å². The Bertz CT molecular complexity index is 1030. The van der Waals surface area contributed by atoms with Crippen molar-refractivity contribution in [1.82, 2.24) is 14.6 Å². The van der Waals surface area contributed by atoms with Crippen molar-refractivity contribution >= 4 is 21.9 Å². The van der Waals surface area contributed by atoms with Gasteiger partial charge in [0.05, 0.1) is 13.2 Å². The summed E-state index contributed by atoms with van der Waals surface area (Å²) in [5.41, 5.74) is 1.87. The van der Waals surface area contributed by atoms with Crippen LogP contribution in [-0.4, -0.2) is 56.4 Å². The highest BCUT2D eigenvalue weighted by Crippen LogP contribution is 2.27. The molecule has 0 bridgehead atoms. The van der Waals surface area contributed by atoms with E-state index in [0.717, 1.165) is 6.42 Å². The van der Waals surface area contributed by atoms with Crippen molar-refractivity contribution in [1.29, 1.82) is 0 Å². The molecule has 1 aliphatic heterocycles. The molecule has 0 radical (unpaired) electrons. The molecule has 1 aromatic heterocycles. The maximum absolute atomic E-state index is 12.9. The summed E-state index contributed by atoms with van der Waals surface area (Å²) >= 11 is 0. The lowest BCUT2D eigenvalue weighted by Crippen LogP contribution is -2.39. The first-order chi connectivity index (χ1) is 14.2. The van der Waals surface area contributed by atoms with E-state index in [-0.39, 0.29) is 35.4 Å². The number of amides is 1.